The van der Waals surface area contributed by atoms with Crippen molar-refractivity contribution in [3.63, 3.8) is 0 Å². The van der Waals surface area contributed by atoms with E-state index < -0.39 is 0 Å². The first kappa shape index (κ1) is 17.8. The van der Waals surface area contributed by atoms with Gasteiger partial charge in [0.25, 0.3) is 5.91 Å². The monoisotopic (exact) mass is 366 g/mol. The smallest absolute Gasteiger partial charge is 0.257 e. The Morgan fingerprint density at radius 3 is 2.63 bits per heavy atom. The van der Waals surface area contributed by atoms with Gasteiger partial charge in [0, 0.05) is 26.6 Å². The fourth-order valence-corrected chi connectivity index (χ4v) is 4.92. The molecular formula is C22H26N2O3. The number of nitrogens with zero attached hydrogens (tertiary/aromatic N) is 1. The SMILES string of the molecule is CNC(=O)CC1CC2(CCN(C(=O)c3ccoc3C)CC2)c2ccccc21. The normalized spacial score (nSPS) is 20.5. The molecule has 5 nitrogen and oxygen atoms in total. The van der Waals surface area contributed by atoms with Gasteiger partial charge in [-0.05, 0) is 54.7 Å². The van der Waals surface area contributed by atoms with E-state index in [0.29, 0.717) is 17.7 Å². The number of carbonyl (C=O) groups excluding carboxylic acids is 2. The van der Waals surface area contributed by atoms with Crippen LogP contribution in [0.4, 0.5) is 0 Å². The van der Waals surface area contributed by atoms with Crippen molar-refractivity contribution >= 4 is 11.8 Å². The maximum absolute atomic E-state index is 12.8. The number of piperidine rings is 1. The molecule has 4 rings (SSSR count). The van der Waals surface area contributed by atoms with E-state index in [1.54, 1.807) is 19.4 Å². The van der Waals surface area contributed by atoms with Crippen molar-refractivity contribution in [2.75, 3.05) is 20.1 Å². The molecule has 1 aromatic carbocycles. The molecule has 1 unspecified atom stereocenters. The van der Waals surface area contributed by atoms with E-state index in [2.05, 4.69) is 29.6 Å². The van der Waals surface area contributed by atoms with Gasteiger partial charge in [0.15, 0.2) is 0 Å². The lowest BCUT2D eigenvalue weighted by molar-refractivity contribution is -0.121. The number of nitrogens with one attached hydrogen (secondary N) is 1. The highest BCUT2D eigenvalue weighted by atomic mass is 16.3. The van der Waals surface area contributed by atoms with Gasteiger partial charge in [-0.2, -0.15) is 0 Å². The number of amides is 2. The summed E-state index contributed by atoms with van der Waals surface area (Å²) < 4.78 is 5.29. The van der Waals surface area contributed by atoms with Gasteiger partial charge in [0.2, 0.25) is 5.91 Å². The molecule has 1 saturated heterocycles. The van der Waals surface area contributed by atoms with Gasteiger partial charge < -0.3 is 14.6 Å². The van der Waals surface area contributed by atoms with E-state index >= 15 is 0 Å². The molecule has 5 heteroatoms. The summed E-state index contributed by atoms with van der Waals surface area (Å²) in [4.78, 5) is 26.7. The molecule has 1 fully saturated rings. The Labute approximate surface area is 159 Å². The molecule has 1 aliphatic carbocycles. The summed E-state index contributed by atoms with van der Waals surface area (Å²) in [6, 6.07) is 10.3. The summed E-state index contributed by atoms with van der Waals surface area (Å²) in [5, 5.41) is 2.76. The average Bonchev–Trinajstić information content (AvgIpc) is 3.24. The molecule has 2 aliphatic rings. The van der Waals surface area contributed by atoms with Gasteiger partial charge in [-0.25, -0.2) is 0 Å². The molecule has 1 atom stereocenters. The topological polar surface area (TPSA) is 62.6 Å². The van der Waals surface area contributed by atoms with Crippen LogP contribution in [0, 0.1) is 6.92 Å². The lowest BCUT2D eigenvalue weighted by atomic mass is 9.73. The number of carbonyl (C=O) groups is 2. The number of aryl methyl sites for hydroxylation is 1. The first-order valence-corrected chi connectivity index (χ1v) is 9.67. The second-order valence-corrected chi connectivity index (χ2v) is 7.83. The van der Waals surface area contributed by atoms with Crippen LogP contribution >= 0.6 is 0 Å². The van der Waals surface area contributed by atoms with Crippen molar-refractivity contribution in [3.05, 3.63) is 59.0 Å². The van der Waals surface area contributed by atoms with Crippen LogP contribution in [0.25, 0.3) is 0 Å². The van der Waals surface area contributed by atoms with Crippen LogP contribution in [0.5, 0.6) is 0 Å². The Balaban J connectivity index is 1.53. The van der Waals surface area contributed by atoms with Crippen molar-refractivity contribution in [2.45, 2.75) is 43.9 Å². The fraction of sp³-hybridized carbons (Fsp3) is 0.455. The molecule has 27 heavy (non-hydrogen) atoms. The largest absolute Gasteiger partial charge is 0.469 e. The average molecular weight is 366 g/mol. The van der Waals surface area contributed by atoms with Gasteiger partial charge in [-0.3, -0.25) is 9.59 Å². The fourth-order valence-electron chi connectivity index (χ4n) is 4.92. The molecule has 1 aromatic heterocycles. The zero-order chi connectivity index (χ0) is 19.0. The second kappa shape index (κ2) is 6.87. The zero-order valence-electron chi connectivity index (χ0n) is 16.0. The lowest BCUT2D eigenvalue weighted by Gasteiger charge is -2.40. The van der Waals surface area contributed by atoms with E-state index in [4.69, 9.17) is 4.42 Å². The van der Waals surface area contributed by atoms with Gasteiger partial charge in [-0.15, -0.1) is 0 Å². The number of likely N-dealkylation sites (tertiary alicyclic amines) is 1. The number of fused-ring (bicyclic) bond motifs is 2. The number of furan rings is 1. The Morgan fingerprint density at radius 2 is 1.96 bits per heavy atom. The van der Waals surface area contributed by atoms with Crippen LogP contribution in [-0.2, 0) is 10.2 Å². The first-order valence-electron chi connectivity index (χ1n) is 9.67. The number of benzene rings is 1. The summed E-state index contributed by atoms with van der Waals surface area (Å²) in [5.74, 6) is 1.09. The van der Waals surface area contributed by atoms with Gasteiger partial charge in [0.05, 0.1) is 11.8 Å². The molecular weight excluding hydrogens is 340 g/mol. The van der Waals surface area contributed by atoms with E-state index in [1.165, 1.54) is 11.1 Å². The van der Waals surface area contributed by atoms with Crippen LogP contribution in [0.2, 0.25) is 0 Å². The molecule has 2 amide bonds. The Hall–Kier alpha value is -2.56. The molecule has 1 spiro atoms. The summed E-state index contributed by atoms with van der Waals surface area (Å²) in [7, 11) is 1.70. The standard InChI is InChI=1S/C22H26N2O3/c1-15-17(7-12-27-15)21(26)24-10-8-22(9-11-24)14-16(13-20(25)23-2)18-5-3-4-6-19(18)22/h3-7,12,16H,8-11,13-14H2,1-2H3,(H,23,25). The van der Waals surface area contributed by atoms with Crippen LogP contribution in [0.15, 0.2) is 41.0 Å². The third-order valence-electron chi connectivity index (χ3n) is 6.42. The highest BCUT2D eigenvalue weighted by molar-refractivity contribution is 5.95. The molecule has 0 bridgehead atoms. The molecule has 0 saturated carbocycles. The molecule has 2 aromatic rings. The van der Waals surface area contributed by atoms with Crippen LogP contribution < -0.4 is 5.32 Å². The van der Waals surface area contributed by atoms with E-state index in [0.717, 1.165) is 32.4 Å². The van der Waals surface area contributed by atoms with Crippen molar-refractivity contribution < 1.29 is 14.0 Å². The predicted octanol–water partition coefficient (Wildman–Crippen LogP) is 3.39. The van der Waals surface area contributed by atoms with E-state index in [-0.39, 0.29) is 23.1 Å². The third-order valence-corrected chi connectivity index (χ3v) is 6.42. The highest BCUT2D eigenvalue weighted by Crippen LogP contribution is 2.52. The number of hydrogen-bond acceptors (Lipinski definition) is 3. The minimum Gasteiger partial charge on any atom is -0.469 e. The van der Waals surface area contributed by atoms with Gasteiger partial charge in [0.1, 0.15) is 5.76 Å². The third kappa shape index (κ3) is 3.05. The Kier molecular flexibility index (Phi) is 4.54. The van der Waals surface area contributed by atoms with Gasteiger partial charge in [-0.1, -0.05) is 24.3 Å². The van der Waals surface area contributed by atoms with E-state index in [9.17, 15) is 9.59 Å². The minimum absolute atomic E-state index is 0.0595. The second-order valence-electron chi connectivity index (χ2n) is 7.83. The molecule has 1 aliphatic heterocycles. The minimum atomic E-state index is 0.0595. The van der Waals surface area contributed by atoms with Crippen LogP contribution in [0.1, 0.15) is 58.8 Å². The molecule has 0 radical (unpaired) electrons. The highest BCUT2D eigenvalue weighted by Gasteiger charge is 2.46. The molecule has 142 valence electrons. The van der Waals surface area contributed by atoms with Gasteiger partial charge >= 0.3 is 0 Å². The first-order chi connectivity index (χ1) is 13.0. The summed E-state index contributed by atoms with van der Waals surface area (Å²) in [6.45, 7) is 3.31. The Morgan fingerprint density at radius 1 is 1.22 bits per heavy atom. The van der Waals surface area contributed by atoms with Crippen molar-refractivity contribution in [1.29, 1.82) is 0 Å². The summed E-state index contributed by atoms with van der Waals surface area (Å²) >= 11 is 0. The quantitative estimate of drug-likeness (QED) is 0.906. The number of hydrogen-bond donors (Lipinski definition) is 1. The molecule has 1 N–H and O–H groups in total. The summed E-state index contributed by atoms with van der Waals surface area (Å²) in [5.41, 5.74) is 3.43. The number of rotatable bonds is 3. The maximum atomic E-state index is 12.8. The zero-order valence-corrected chi connectivity index (χ0v) is 16.0. The lowest BCUT2D eigenvalue weighted by Crippen LogP contribution is -2.44. The maximum Gasteiger partial charge on any atom is 0.257 e. The van der Waals surface area contributed by atoms with Crippen LogP contribution in [0.3, 0.4) is 0 Å². The Bertz CT molecular complexity index is 862. The van der Waals surface area contributed by atoms with Crippen molar-refractivity contribution in [2.24, 2.45) is 0 Å². The van der Waals surface area contributed by atoms with Crippen molar-refractivity contribution in [1.82, 2.24) is 10.2 Å². The predicted molar refractivity (Wildman–Crippen MR) is 103 cm³/mol. The van der Waals surface area contributed by atoms with E-state index in [1.807, 2.05) is 11.8 Å². The van der Waals surface area contributed by atoms with Crippen molar-refractivity contribution in [3.8, 4) is 0 Å². The summed E-state index contributed by atoms with van der Waals surface area (Å²) in [6.07, 6.45) is 4.98. The molecule has 2 heterocycles. The van der Waals surface area contributed by atoms with Crippen LogP contribution in [-0.4, -0.2) is 36.9 Å².